The lowest BCUT2D eigenvalue weighted by molar-refractivity contribution is 0.160. The van der Waals surface area contributed by atoms with Gasteiger partial charge >= 0.3 is 0 Å². The third-order valence-electron chi connectivity index (χ3n) is 3.81. The van der Waals surface area contributed by atoms with Gasteiger partial charge in [-0.3, -0.25) is 0 Å². The number of piperidine rings is 1. The van der Waals surface area contributed by atoms with Gasteiger partial charge in [-0.15, -0.1) is 0 Å². The van der Waals surface area contributed by atoms with Gasteiger partial charge in [-0.25, -0.2) is 0 Å². The van der Waals surface area contributed by atoms with E-state index < -0.39 is 0 Å². The Bertz CT molecular complexity index is 410. The molecule has 2 rings (SSSR count). The van der Waals surface area contributed by atoms with Gasteiger partial charge in [-0.2, -0.15) is 4.37 Å². The maximum atomic E-state index is 5.79. The first kappa shape index (κ1) is 15.4. The van der Waals surface area contributed by atoms with Crippen molar-refractivity contribution in [3.63, 3.8) is 0 Å². The SMILES string of the molecule is CCOc1c(N)nsc1NCCCN1CCCCC1C. The molecule has 20 heavy (non-hydrogen) atoms. The van der Waals surface area contributed by atoms with Crippen molar-refractivity contribution < 1.29 is 4.74 Å². The summed E-state index contributed by atoms with van der Waals surface area (Å²) in [7, 11) is 0. The minimum absolute atomic E-state index is 0.490. The number of nitrogens with one attached hydrogen (secondary N) is 1. The Labute approximate surface area is 125 Å². The van der Waals surface area contributed by atoms with Gasteiger partial charge < -0.3 is 20.7 Å². The molecule has 1 aromatic rings. The van der Waals surface area contributed by atoms with E-state index in [0.717, 1.165) is 30.6 Å². The predicted molar refractivity (Wildman–Crippen MR) is 85.7 cm³/mol. The van der Waals surface area contributed by atoms with Gasteiger partial charge in [0.2, 0.25) is 0 Å². The van der Waals surface area contributed by atoms with E-state index in [1.165, 1.54) is 37.3 Å². The van der Waals surface area contributed by atoms with Crippen molar-refractivity contribution in [2.45, 2.75) is 45.6 Å². The molecule has 5 nitrogen and oxygen atoms in total. The molecule has 0 aliphatic carbocycles. The summed E-state index contributed by atoms with van der Waals surface area (Å²) in [4.78, 5) is 2.59. The molecule has 1 aliphatic rings. The van der Waals surface area contributed by atoms with Crippen LogP contribution in [-0.2, 0) is 0 Å². The van der Waals surface area contributed by atoms with Gasteiger partial charge in [0.1, 0.15) is 0 Å². The van der Waals surface area contributed by atoms with Crippen molar-refractivity contribution in [1.29, 1.82) is 0 Å². The van der Waals surface area contributed by atoms with Crippen LogP contribution in [0, 0.1) is 0 Å². The molecule has 1 aliphatic heterocycles. The van der Waals surface area contributed by atoms with Crippen molar-refractivity contribution in [2.75, 3.05) is 37.3 Å². The predicted octanol–water partition coefficient (Wildman–Crippen LogP) is 2.80. The molecule has 3 N–H and O–H groups in total. The molecule has 0 radical (unpaired) electrons. The van der Waals surface area contributed by atoms with Crippen LogP contribution in [-0.4, -0.2) is 41.6 Å². The highest BCUT2D eigenvalue weighted by atomic mass is 32.1. The van der Waals surface area contributed by atoms with E-state index in [0.29, 0.717) is 18.2 Å². The van der Waals surface area contributed by atoms with Gasteiger partial charge in [0.05, 0.1) is 6.61 Å². The number of nitrogen functional groups attached to an aromatic ring is 1. The Morgan fingerprint density at radius 2 is 2.35 bits per heavy atom. The van der Waals surface area contributed by atoms with Gasteiger partial charge in [-0.1, -0.05) is 6.42 Å². The van der Waals surface area contributed by atoms with Crippen molar-refractivity contribution in [2.24, 2.45) is 0 Å². The quantitative estimate of drug-likeness (QED) is 0.758. The summed E-state index contributed by atoms with van der Waals surface area (Å²) in [5.41, 5.74) is 5.79. The van der Waals surface area contributed by atoms with Crippen LogP contribution in [0.3, 0.4) is 0 Å². The number of rotatable bonds is 7. The topological polar surface area (TPSA) is 63.4 Å². The molecule has 1 atom stereocenters. The highest BCUT2D eigenvalue weighted by molar-refractivity contribution is 7.11. The third-order valence-corrected chi connectivity index (χ3v) is 4.61. The Balaban J connectivity index is 1.73. The number of nitrogens with zero attached hydrogens (tertiary/aromatic N) is 2. The summed E-state index contributed by atoms with van der Waals surface area (Å²) in [6.07, 6.45) is 5.20. The second kappa shape index (κ2) is 7.69. The molecule has 0 aromatic carbocycles. The van der Waals surface area contributed by atoms with Gasteiger partial charge in [0.25, 0.3) is 0 Å². The second-order valence-electron chi connectivity index (χ2n) is 5.32. The van der Waals surface area contributed by atoms with Crippen LogP contribution in [0.4, 0.5) is 10.8 Å². The fraction of sp³-hybridized carbons (Fsp3) is 0.786. The number of nitrogens with two attached hydrogens (primary N) is 1. The lowest BCUT2D eigenvalue weighted by Gasteiger charge is -2.33. The van der Waals surface area contributed by atoms with Crippen LogP contribution in [0.5, 0.6) is 5.75 Å². The van der Waals surface area contributed by atoms with Crippen LogP contribution in [0.25, 0.3) is 0 Å². The van der Waals surface area contributed by atoms with E-state index in [4.69, 9.17) is 10.5 Å². The number of likely N-dealkylation sites (tertiary alicyclic amines) is 1. The lowest BCUT2D eigenvalue weighted by Crippen LogP contribution is -2.38. The molecular formula is C14H26N4OS. The molecule has 0 amide bonds. The van der Waals surface area contributed by atoms with Gasteiger partial charge in [0.15, 0.2) is 16.6 Å². The largest absolute Gasteiger partial charge is 0.487 e. The van der Waals surface area contributed by atoms with Crippen LogP contribution in [0.2, 0.25) is 0 Å². The molecule has 1 saturated heterocycles. The molecule has 0 bridgehead atoms. The molecule has 1 fully saturated rings. The van der Waals surface area contributed by atoms with E-state index in [-0.39, 0.29) is 0 Å². The van der Waals surface area contributed by atoms with Crippen molar-refractivity contribution in [3.05, 3.63) is 0 Å². The zero-order valence-electron chi connectivity index (χ0n) is 12.5. The van der Waals surface area contributed by atoms with Gasteiger partial charge in [-0.05, 0) is 51.2 Å². The van der Waals surface area contributed by atoms with Crippen LogP contribution < -0.4 is 15.8 Å². The standard InChI is InChI=1S/C14H26N4OS/c1-3-19-12-13(15)17-20-14(12)16-8-6-10-18-9-5-4-7-11(18)2/h11,16H,3-10H2,1-2H3,(H2,15,17). The Morgan fingerprint density at radius 1 is 1.50 bits per heavy atom. The summed E-state index contributed by atoms with van der Waals surface area (Å²) in [5, 5.41) is 4.35. The first-order chi connectivity index (χ1) is 9.72. The highest BCUT2D eigenvalue weighted by Gasteiger charge is 2.17. The fourth-order valence-electron chi connectivity index (χ4n) is 2.66. The minimum atomic E-state index is 0.490. The smallest absolute Gasteiger partial charge is 0.197 e. The van der Waals surface area contributed by atoms with Gasteiger partial charge in [0, 0.05) is 19.1 Å². The first-order valence-electron chi connectivity index (χ1n) is 7.58. The number of aromatic nitrogens is 1. The Morgan fingerprint density at radius 3 is 3.10 bits per heavy atom. The van der Waals surface area contributed by atoms with Crippen molar-refractivity contribution in [1.82, 2.24) is 9.27 Å². The highest BCUT2D eigenvalue weighted by Crippen LogP contribution is 2.34. The van der Waals surface area contributed by atoms with E-state index in [1.54, 1.807) is 0 Å². The number of ether oxygens (including phenoxy) is 1. The van der Waals surface area contributed by atoms with E-state index in [2.05, 4.69) is 21.5 Å². The van der Waals surface area contributed by atoms with E-state index in [9.17, 15) is 0 Å². The number of hydrogen-bond acceptors (Lipinski definition) is 6. The monoisotopic (exact) mass is 298 g/mol. The summed E-state index contributed by atoms with van der Waals surface area (Å²) in [6.45, 7) is 8.25. The van der Waals surface area contributed by atoms with Crippen molar-refractivity contribution in [3.8, 4) is 5.75 Å². The minimum Gasteiger partial charge on any atom is -0.487 e. The number of hydrogen-bond donors (Lipinski definition) is 2. The number of anilines is 2. The van der Waals surface area contributed by atoms with E-state index >= 15 is 0 Å². The molecule has 0 spiro atoms. The molecule has 6 heteroatoms. The Kier molecular flexibility index (Phi) is 5.91. The average molecular weight is 298 g/mol. The summed E-state index contributed by atoms with van der Waals surface area (Å²) in [5.74, 6) is 1.20. The van der Waals surface area contributed by atoms with Crippen LogP contribution in [0.15, 0.2) is 0 Å². The molecule has 2 heterocycles. The van der Waals surface area contributed by atoms with Crippen LogP contribution in [0.1, 0.15) is 39.5 Å². The molecule has 114 valence electrons. The first-order valence-corrected chi connectivity index (χ1v) is 8.35. The second-order valence-corrected chi connectivity index (χ2v) is 6.09. The zero-order valence-corrected chi connectivity index (χ0v) is 13.3. The molecular weight excluding hydrogens is 272 g/mol. The maximum absolute atomic E-state index is 5.79. The summed E-state index contributed by atoms with van der Waals surface area (Å²) in [6, 6.07) is 0.738. The third kappa shape index (κ3) is 3.99. The summed E-state index contributed by atoms with van der Waals surface area (Å²) >= 11 is 1.38. The zero-order chi connectivity index (χ0) is 14.4. The fourth-order valence-corrected chi connectivity index (χ4v) is 3.35. The van der Waals surface area contributed by atoms with Crippen molar-refractivity contribution >= 4 is 22.4 Å². The lowest BCUT2D eigenvalue weighted by atomic mass is 10.0. The van der Waals surface area contributed by atoms with Crippen LogP contribution >= 0.6 is 11.5 Å². The molecule has 1 unspecified atom stereocenters. The molecule has 1 aromatic heterocycles. The average Bonchev–Trinajstić information content (AvgIpc) is 2.79. The van der Waals surface area contributed by atoms with E-state index in [1.807, 2.05) is 6.92 Å². The normalized spacial score (nSPS) is 20.0. The Hall–Kier alpha value is -1.01. The summed E-state index contributed by atoms with van der Waals surface area (Å²) < 4.78 is 9.66. The maximum Gasteiger partial charge on any atom is 0.197 e. The molecule has 0 saturated carbocycles.